The van der Waals surface area contributed by atoms with Gasteiger partial charge in [0.25, 0.3) is 0 Å². The third kappa shape index (κ3) is 1.81. The highest BCUT2D eigenvalue weighted by Gasteiger charge is 2.19. The summed E-state index contributed by atoms with van der Waals surface area (Å²) in [4.78, 5) is 0. The van der Waals surface area contributed by atoms with E-state index in [0.29, 0.717) is 0 Å². The lowest BCUT2D eigenvalue weighted by atomic mass is 9.98. The number of rotatable bonds is 1. The zero-order chi connectivity index (χ0) is 11.7. The van der Waals surface area contributed by atoms with Gasteiger partial charge in [-0.2, -0.15) is 0 Å². The van der Waals surface area contributed by atoms with Crippen LogP contribution in [0.15, 0.2) is 48.5 Å². The maximum Gasteiger partial charge on any atom is 0.0747 e. The molecule has 1 heterocycles. The number of aliphatic hydroxyl groups is 1. The molecule has 1 aliphatic rings. The maximum absolute atomic E-state index is 9.53. The van der Waals surface area contributed by atoms with Crippen molar-refractivity contribution in [2.45, 2.75) is 12.5 Å². The van der Waals surface area contributed by atoms with E-state index in [4.69, 9.17) is 0 Å². The molecule has 1 atom stereocenters. The first-order valence-corrected chi connectivity index (χ1v) is 5.91. The molecule has 1 unspecified atom stereocenters. The Kier molecular flexibility index (Phi) is 2.57. The summed E-state index contributed by atoms with van der Waals surface area (Å²) in [5.41, 5.74) is 4.91. The minimum absolute atomic E-state index is 0.00477. The predicted molar refractivity (Wildman–Crippen MR) is 69.1 cm³/mol. The van der Waals surface area contributed by atoms with Gasteiger partial charge in [0.1, 0.15) is 0 Å². The van der Waals surface area contributed by atoms with Gasteiger partial charge >= 0.3 is 0 Å². The molecule has 1 aliphatic heterocycles. The molecule has 0 spiro atoms. The molecule has 0 saturated heterocycles. The second-order valence-electron chi connectivity index (χ2n) is 4.41. The fourth-order valence-corrected chi connectivity index (χ4v) is 2.47. The van der Waals surface area contributed by atoms with Crippen LogP contribution in [-0.4, -0.2) is 11.7 Å². The van der Waals surface area contributed by atoms with Gasteiger partial charge in [0.15, 0.2) is 0 Å². The van der Waals surface area contributed by atoms with Crippen LogP contribution >= 0.6 is 0 Å². The van der Waals surface area contributed by atoms with Crippen LogP contribution in [0.2, 0.25) is 0 Å². The number of benzene rings is 2. The summed E-state index contributed by atoms with van der Waals surface area (Å²) in [5.74, 6) is 0. The Hall–Kier alpha value is -1.80. The molecule has 0 aliphatic carbocycles. The summed E-state index contributed by atoms with van der Waals surface area (Å²) in [5, 5.41) is 12.9. The zero-order valence-electron chi connectivity index (χ0n) is 9.56. The van der Waals surface area contributed by atoms with E-state index in [-0.39, 0.29) is 12.6 Å². The highest BCUT2D eigenvalue weighted by atomic mass is 16.3. The van der Waals surface area contributed by atoms with Gasteiger partial charge in [0.2, 0.25) is 0 Å². The van der Waals surface area contributed by atoms with Gasteiger partial charge in [0.05, 0.1) is 12.6 Å². The van der Waals surface area contributed by atoms with Crippen LogP contribution < -0.4 is 5.32 Å². The normalized spacial score (nSPS) is 17.6. The van der Waals surface area contributed by atoms with Gasteiger partial charge in [-0.1, -0.05) is 42.5 Å². The number of nitrogens with one attached hydrogen (secondary N) is 1. The number of fused-ring (bicyclic) bond motifs is 2. The molecule has 2 aromatic carbocycles. The van der Waals surface area contributed by atoms with Crippen molar-refractivity contribution in [3.8, 4) is 0 Å². The summed E-state index contributed by atoms with van der Waals surface area (Å²) in [6.07, 6.45) is 0.926. The molecule has 0 bridgehead atoms. The molecule has 2 N–H and O–H groups in total. The van der Waals surface area contributed by atoms with Crippen molar-refractivity contribution in [3.05, 3.63) is 65.2 Å². The van der Waals surface area contributed by atoms with Crippen molar-refractivity contribution in [1.82, 2.24) is 0 Å². The van der Waals surface area contributed by atoms with Crippen molar-refractivity contribution in [1.29, 1.82) is 0 Å². The molecular formula is C15H15NO. The lowest BCUT2D eigenvalue weighted by Gasteiger charge is -2.17. The third-order valence-electron chi connectivity index (χ3n) is 3.34. The molecular weight excluding hydrogens is 210 g/mol. The molecule has 0 saturated carbocycles. The van der Waals surface area contributed by atoms with E-state index in [9.17, 15) is 5.11 Å². The van der Waals surface area contributed by atoms with Crippen LogP contribution in [0.4, 0.5) is 5.69 Å². The van der Waals surface area contributed by atoms with E-state index in [1.165, 1.54) is 16.7 Å². The largest absolute Gasteiger partial charge is 0.394 e. The van der Waals surface area contributed by atoms with Crippen molar-refractivity contribution >= 4 is 5.69 Å². The number of hydrogen-bond donors (Lipinski definition) is 2. The predicted octanol–water partition coefficient (Wildman–Crippen LogP) is 2.74. The minimum Gasteiger partial charge on any atom is -0.394 e. The van der Waals surface area contributed by atoms with Gasteiger partial charge in [0, 0.05) is 5.69 Å². The maximum atomic E-state index is 9.53. The first-order chi connectivity index (χ1) is 8.38. The molecule has 86 valence electrons. The SMILES string of the molecule is OCC1Nc2ccccc2Cc2ccccc21. The van der Waals surface area contributed by atoms with Gasteiger partial charge in [-0.3, -0.25) is 0 Å². The fraction of sp³-hybridized carbons (Fsp3) is 0.200. The monoisotopic (exact) mass is 225 g/mol. The van der Waals surface area contributed by atoms with Crippen LogP contribution in [0.3, 0.4) is 0 Å². The lowest BCUT2D eigenvalue weighted by Crippen LogP contribution is -2.14. The minimum atomic E-state index is -0.00477. The molecule has 0 radical (unpaired) electrons. The quantitative estimate of drug-likeness (QED) is 0.782. The van der Waals surface area contributed by atoms with Crippen LogP contribution in [0.25, 0.3) is 0 Å². The smallest absolute Gasteiger partial charge is 0.0747 e. The molecule has 0 aromatic heterocycles. The van der Waals surface area contributed by atoms with Crippen molar-refractivity contribution in [3.63, 3.8) is 0 Å². The summed E-state index contributed by atoms with van der Waals surface area (Å²) >= 11 is 0. The van der Waals surface area contributed by atoms with E-state index in [1.807, 2.05) is 12.1 Å². The fourth-order valence-electron chi connectivity index (χ4n) is 2.47. The molecule has 0 amide bonds. The van der Waals surface area contributed by atoms with Crippen LogP contribution in [0, 0.1) is 0 Å². The Morgan fingerprint density at radius 3 is 2.53 bits per heavy atom. The molecule has 2 aromatic rings. The second kappa shape index (κ2) is 4.22. The topological polar surface area (TPSA) is 32.3 Å². The van der Waals surface area contributed by atoms with Crippen molar-refractivity contribution < 1.29 is 5.11 Å². The van der Waals surface area contributed by atoms with Crippen LogP contribution in [-0.2, 0) is 6.42 Å². The van der Waals surface area contributed by atoms with E-state index in [0.717, 1.165) is 12.1 Å². The molecule has 3 rings (SSSR count). The second-order valence-corrected chi connectivity index (χ2v) is 4.41. The first-order valence-electron chi connectivity index (χ1n) is 5.91. The van der Waals surface area contributed by atoms with E-state index < -0.39 is 0 Å². The first kappa shape index (κ1) is 10.4. The Bertz CT molecular complexity index is 536. The van der Waals surface area contributed by atoms with Crippen molar-refractivity contribution in [2.24, 2.45) is 0 Å². The average molecular weight is 225 g/mol. The number of anilines is 1. The molecule has 0 fully saturated rings. The Morgan fingerprint density at radius 2 is 1.71 bits per heavy atom. The summed E-state index contributed by atoms with van der Waals surface area (Å²) in [6, 6.07) is 16.6. The molecule has 2 nitrogen and oxygen atoms in total. The zero-order valence-corrected chi connectivity index (χ0v) is 9.56. The summed E-state index contributed by atoms with van der Waals surface area (Å²) in [7, 11) is 0. The average Bonchev–Trinajstić information content (AvgIpc) is 2.54. The van der Waals surface area contributed by atoms with E-state index in [1.54, 1.807) is 0 Å². The highest BCUT2D eigenvalue weighted by molar-refractivity contribution is 5.57. The summed E-state index contributed by atoms with van der Waals surface area (Å²) in [6.45, 7) is 0.116. The van der Waals surface area contributed by atoms with E-state index >= 15 is 0 Å². The lowest BCUT2D eigenvalue weighted by molar-refractivity contribution is 0.276. The van der Waals surface area contributed by atoms with Gasteiger partial charge < -0.3 is 10.4 Å². The summed E-state index contributed by atoms with van der Waals surface area (Å²) < 4.78 is 0. The van der Waals surface area contributed by atoms with Gasteiger partial charge in [-0.05, 0) is 29.2 Å². The Labute approximate surface area is 101 Å². The van der Waals surface area contributed by atoms with Crippen molar-refractivity contribution in [2.75, 3.05) is 11.9 Å². The number of para-hydroxylation sites is 1. The molecule has 17 heavy (non-hydrogen) atoms. The Balaban J connectivity index is 2.13. The standard InChI is InChI=1S/C15H15NO/c17-10-15-13-7-3-1-5-11(13)9-12-6-2-4-8-14(12)16-15/h1-8,15-17H,9-10H2. The highest BCUT2D eigenvalue weighted by Crippen LogP contribution is 2.31. The molecule has 2 heteroatoms. The van der Waals surface area contributed by atoms with Gasteiger partial charge in [-0.15, -0.1) is 0 Å². The Morgan fingerprint density at radius 1 is 1.00 bits per heavy atom. The van der Waals surface area contributed by atoms with E-state index in [2.05, 4.69) is 41.7 Å². The number of hydrogen-bond acceptors (Lipinski definition) is 2. The van der Waals surface area contributed by atoms with Crippen LogP contribution in [0.5, 0.6) is 0 Å². The number of aliphatic hydroxyl groups excluding tert-OH is 1. The van der Waals surface area contributed by atoms with Gasteiger partial charge in [-0.25, -0.2) is 0 Å². The van der Waals surface area contributed by atoms with Crippen LogP contribution in [0.1, 0.15) is 22.7 Å². The third-order valence-corrected chi connectivity index (χ3v) is 3.34.